The van der Waals surface area contributed by atoms with Gasteiger partial charge in [-0.2, -0.15) is 0 Å². The van der Waals surface area contributed by atoms with Gasteiger partial charge in [-0.15, -0.1) is 0 Å². The molecule has 0 spiro atoms. The fraction of sp³-hybridized carbons (Fsp3) is 0.600. The van der Waals surface area contributed by atoms with Crippen molar-refractivity contribution in [2.75, 3.05) is 0 Å². The largest absolute Gasteiger partial charge is 0.378 e. The molecule has 1 aliphatic heterocycles. The van der Waals surface area contributed by atoms with E-state index in [0.29, 0.717) is 10.3 Å². The second-order valence-corrected chi connectivity index (χ2v) is 3.54. The number of hydrogen-bond acceptors (Lipinski definition) is 5. The van der Waals surface area contributed by atoms with E-state index in [1.54, 1.807) is 0 Å². The van der Waals surface area contributed by atoms with Gasteiger partial charge in [-0.05, 0) is 25.6 Å². The minimum absolute atomic E-state index is 0.473. The Hall–Kier alpha value is -0.710. The average molecular weight is 158 g/mol. The molecule has 4 nitrogen and oxygen atoms in total. The van der Waals surface area contributed by atoms with Gasteiger partial charge in [0.05, 0.1) is 0 Å². The number of amidine groups is 2. The molecule has 4 N–H and O–H groups in total. The van der Waals surface area contributed by atoms with Crippen LogP contribution in [-0.4, -0.2) is 16.0 Å². The first-order valence-corrected chi connectivity index (χ1v) is 3.70. The van der Waals surface area contributed by atoms with E-state index < -0.39 is 5.66 Å². The highest BCUT2D eigenvalue weighted by atomic mass is 32.2. The van der Waals surface area contributed by atoms with Gasteiger partial charge in [0.1, 0.15) is 5.66 Å². The van der Waals surface area contributed by atoms with Crippen molar-refractivity contribution in [3.05, 3.63) is 0 Å². The Morgan fingerprint density at radius 1 is 1.20 bits per heavy atom. The SMILES string of the molecule is CC1(C)N=C(N)SC(N)=N1. The van der Waals surface area contributed by atoms with Crippen molar-refractivity contribution in [1.82, 2.24) is 0 Å². The molecule has 0 aromatic rings. The molecule has 0 aliphatic carbocycles. The monoisotopic (exact) mass is 158 g/mol. The zero-order chi connectivity index (χ0) is 7.78. The third-order valence-electron chi connectivity index (χ3n) is 0.977. The number of nitrogens with two attached hydrogens (primary N) is 2. The van der Waals surface area contributed by atoms with Gasteiger partial charge >= 0.3 is 0 Å². The highest BCUT2D eigenvalue weighted by Gasteiger charge is 2.20. The Balaban J connectivity index is 2.88. The molecular weight excluding hydrogens is 148 g/mol. The molecule has 0 aromatic heterocycles. The van der Waals surface area contributed by atoms with Crippen molar-refractivity contribution in [3.8, 4) is 0 Å². The van der Waals surface area contributed by atoms with Gasteiger partial charge < -0.3 is 11.5 Å². The number of aliphatic imine (C=N–C) groups is 2. The quantitative estimate of drug-likeness (QED) is 0.525. The summed E-state index contributed by atoms with van der Waals surface area (Å²) in [4.78, 5) is 8.11. The molecule has 1 rings (SSSR count). The van der Waals surface area contributed by atoms with Gasteiger partial charge in [0.15, 0.2) is 10.3 Å². The summed E-state index contributed by atoms with van der Waals surface area (Å²) in [5.74, 6) is 0. The molecule has 1 aliphatic rings. The van der Waals surface area contributed by atoms with Crippen molar-refractivity contribution < 1.29 is 0 Å². The zero-order valence-electron chi connectivity index (χ0n) is 5.96. The lowest BCUT2D eigenvalue weighted by atomic mass is 10.3. The fourth-order valence-electron chi connectivity index (χ4n) is 0.717. The topological polar surface area (TPSA) is 76.8 Å². The maximum atomic E-state index is 5.45. The van der Waals surface area contributed by atoms with Crippen LogP contribution in [0.1, 0.15) is 13.8 Å². The van der Waals surface area contributed by atoms with Crippen LogP contribution >= 0.6 is 11.8 Å². The molecule has 0 fully saturated rings. The van der Waals surface area contributed by atoms with Crippen LogP contribution in [0.15, 0.2) is 9.98 Å². The molecule has 0 unspecified atom stereocenters. The summed E-state index contributed by atoms with van der Waals surface area (Å²) in [6, 6.07) is 0. The van der Waals surface area contributed by atoms with Crippen molar-refractivity contribution in [2.24, 2.45) is 21.5 Å². The molecule has 56 valence electrons. The third kappa shape index (κ3) is 1.63. The lowest BCUT2D eigenvalue weighted by molar-refractivity contribution is 0.555. The molecule has 0 atom stereocenters. The molecule has 1 heterocycles. The van der Waals surface area contributed by atoms with Crippen LogP contribution in [-0.2, 0) is 0 Å². The zero-order valence-corrected chi connectivity index (χ0v) is 6.77. The molecular formula is C5H10N4S. The first-order chi connectivity index (χ1) is 4.49. The number of nitrogens with zero attached hydrogens (tertiary/aromatic N) is 2. The Kier molecular flexibility index (Phi) is 1.60. The van der Waals surface area contributed by atoms with Gasteiger partial charge in [0, 0.05) is 0 Å². The number of hydrogen-bond donors (Lipinski definition) is 2. The van der Waals surface area contributed by atoms with Gasteiger partial charge in [-0.25, -0.2) is 9.98 Å². The summed E-state index contributed by atoms with van der Waals surface area (Å²) in [6.45, 7) is 3.71. The molecule has 5 heteroatoms. The van der Waals surface area contributed by atoms with Crippen molar-refractivity contribution in [3.63, 3.8) is 0 Å². The van der Waals surface area contributed by atoms with E-state index in [-0.39, 0.29) is 0 Å². The number of rotatable bonds is 0. The number of thioether (sulfide) groups is 1. The predicted octanol–water partition coefficient (Wildman–Crippen LogP) is 0.0987. The second kappa shape index (κ2) is 2.16. The highest BCUT2D eigenvalue weighted by molar-refractivity contribution is 8.26. The fourth-order valence-corrected chi connectivity index (χ4v) is 1.47. The molecule has 0 saturated heterocycles. The van der Waals surface area contributed by atoms with E-state index in [2.05, 4.69) is 9.98 Å². The predicted molar refractivity (Wildman–Crippen MR) is 44.9 cm³/mol. The first kappa shape index (κ1) is 7.40. The van der Waals surface area contributed by atoms with Crippen LogP contribution in [0.2, 0.25) is 0 Å². The minimum atomic E-state index is -0.473. The molecule has 0 saturated carbocycles. The van der Waals surface area contributed by atoms with Gasteiger partial charge in [-0.3, -0.25) is 0 Å². The second-order valence-electron chi connectivity index (χ2n) is 2.50. The highest BCUT2D eigenvalue weighted by Crippen LogP contribution is 2.19. The molecule has 0 amide bonds. The lowest BCUT2D eigenvalue weighted by Crippen LogP contribution is -2.29. The van der Waals surface area contributed by atoms with Gasteiger partial charge in [0.25, 0.3) is 0 Å². The van der Waals surface area contributed by atoms with Gasteiger partial charge in [0.2, 0.25) is 0 Å². The van der Waals surface area contributed by atoms with E-state index >= 15 is 0 Å². The van der Waals surface area contributed by atoms with Crippen LogP contribution in [0.4, 0.5) is 0 Å². The lowest BCUT2D eigenvalue weighted by Gasteiger charge is -2.19. The summed E-state index contributed by atoms with van der Waals surface area (Å²) in [5.41, 5.74) is 10.4. The van der Waals surface area contributed by atoms with E-state index in [1.165, 1.54) is 11.8 Å². The summed E-state index contributed by atoms with van der Waals surface area (Å²) < 4.78 is 0. The smallest absolute Gasteiger partial charge is 0.164 e. The van der Waals surface area contributed by atoms with Crippen LogP contribution < -0.4 is 11.5 Å². The van der Waals surface area contributed by atoms with Crippen molar-refractivity contribution in [2.45, 2.75) is 19.5 Å². The minimum Gasteiger partial charge on any atom is -0.378 e. The van der Waals surface area contributed by atoms with E-state index in [1.807, 2.05) is 13.8 Å². The standard InChI is InChI=1S/C5H10N4S/c1-5(2)8-3(6)10-4(7)9-5/h1-2H3,(H2,6,8)(H2,7,9). The van der Waals surface area contributed by atoms with Crippen LogP contribution in [0.3, 0.4) is 0 Å². The van der Waals surface area contributed by atoms with Crippen LogP contribution in [0, 0.1) is 0 Å². The molecule has 0 aromatic carbocycles. The average Bonchev–Trinajstić information content (AvgIpc) is 1.54. The molecule has 10 heavy (non-hydrogen) atoms. The summed E-state index contributed by atoms with van der Waals surface area (Å²) in [7, 11) is 0. The summed E-state index contributed by atoms with van der Waals surface area (Å²) >= 11 is 1.20. The van der Waals surface area contributed by atoms with Crippen molar-refractivity contribution >= 4 is 22.1 Å². The van der Waals surface area contributed by atoms with Crippen LogP contribution in [0.5, 0.6) is 0 Å². The van der Waals surface area contributed by atoms with Crippen molar-refractivity contribution in [1.29, 1.82) is 0 Å². The maximum absolute atomic E-state index is 5.45. The summed E-state index contributed by atoms with van der Waals surface area (Å²) in [5, 5.41) is 0.968. The van der Waals surface area contributed by atoms with Gasteiger partial charge in [-0.1, -0.05) is 0 Å². The third-order valence-corrected chi connectivity index (χ3v) is 1.58. The van der Waals surface area contributed by atoms with Crippen LogP contribution in [0.25, 0.3) is 0 Å². The van der Waals surface area contributed by atoms with E-state index in [9.17, 15) is 0 Å². The summed E-state index contributed by atoms with van der Waals surface area (Å²) in [6.07, 6.45) is 0. The molecule has 0 bridgehead atoms. The first-order valence-electron chi connectivity index (χ1n) is 2.88. The Bertz CT molecular complexity index is 186. The normalized spacial score (nSPS) is 23.4. The Labute approximate surface area is 63.8 Å². The van der Waals surface area contributed by atoms with E-state index in [4.69, 9.17) is 11.5 Å². The Morgan fingerprint density at radius 3 is 1.90 bits per heavy atom. The Morgan fingerprint density at radius 2 is 1.60 bits per heavy atom. The molecule has 0 radical (unpaired) electrons. The maximum Gasteiger partial charge on any atom is 0.164 e. The van der Waals surface area contributed by atoms with E-state index in [0.717, 1.165) is 0 Å².